The van der Waals surface area contributed by atoms with Crippen LogP contribution in [0.2, 0.25) is 0 Å². The lowest BCUT2D eigenvalue weighted by Crippen LogP contribution is -2.62. The molecule has 22 heavy (non-hydrogen) atoms. The van der Waals surface area contributed by atoms with Crippen LogP contribution in [-0.4, -0.2) is 35.4 Å². The molecule has 2 aliphatic rings. The molecule has 2 aliphatic heterocycles. The molecule has 0 radical (unpaired) electrons. The van der Waals surface area contributed by atoms with Crippen molar-refractivity contribution >= 4 is 23.0 Å². The van der Waals surface area contributed by atoms with Crippen LogP contribution >= 0.6 is 11.8 Å². The average molecular weight is 329 g/mol. The second-order valence-corrected chi connectivity index (χ2v) is 6.28. The number of amides is 2. The van der Waals surface area contributed by atoms with Crippen LogP contribution < -0.4 is 5.32 Å². The van der Waals surface area contributed by atoms with Gasteiger partial charge in [0, 0.05) is 13.1 Å². The molecule has 0 spiro atoms. The van der Waals surface area contributed by atoms with Gasteiger partial charge >= 0.3 is 12.2 Å². The molecule has 1 aromatic carbocycles. The zero-order valence-corrected chi connectivity index (χ0v) is 12.4. The maximum atomic E-state index is 13.8. The van der Waals surface area contributed by atoms with Crippen LogP contribution in [0.1, 0.15) is 18.4 Å². The standard InChI is InChI=1S/C14H14F3N3OS/c15-14(16,17)13(10-6-2-1-3-7-10)19-11(21)20-9-5-4-8-18-12(20)22-13/h1-3,6-7H,4-5,8-9H2,(H,19,21)/t13-/m0/s1. The summed E-state index contributed by atoms with van der Waals surface area (Å²) in [7, 11) is 0. The Morgan fingerprint density at radius 1 is 1.23 bits per heavy atom. The molecule has 1 atom stereocenters. The number of alkyl halides is 3. The molecule has 0 aromatic heterocycles. The summed E-state index contributed by atoms with van der Waals surface area (Å²) in [5.41, 5.74) is -0.00699. The third kappa shape index (κ3) is 2.45. The van der Waals surface area contributed by atoms with Gasteiger partial charge in [-0.25, -0.2) is 4.79 Å². The van der Waals surface area contributed by atoms with Crippen molar-refractivity contribution in [3.8, 4) is 0 Å². The van der Waals surface area contributed by atoms with E-state index < -0.39 is 17.1 Å². The van der Waals surface area contributed by atoms with Gasteiger partial charge in [-0.1, -0.05) is 30.3 Å². The van der Waals surface area contributed by atoms with Crippen molar-refractivity contribution in [1.82, 2.24) is 10.2 Å². The minimum atomic E-state index is -4.64. The number of carbonyl (C=O) groups excluding carboxylic acids is 1. The Balaban J connectivity index is 2.08. The fourth-order valence-electron chi connectivity index (χ4n) is 2.49. The van der Waals surface area contributed by atoms with Gasteiger partial charge in [-0.05, 0) is 30.2 Å². The van der Waals surface area contributed by atoms with Crippen molar-refractivity contribution in [2.24, 2.45) is 4.99 Å². The van der Waals surface area contributed by atoms with Gasteiger partial charge in [-0.3, -0.25) is 9.89 Å². The lowest BCUT2D eigenvalue weighted by atomic mass is 10.1. The number of urea groups is 1. The number of benzene rings is 1. The topological polar surface area (TPSA) is 44.7 Å². The number of nitrogens with zero attached hydrogens (tertiary/aromatic N) is 2. The second kappa shape index (κ2) is 5.49. The molecule has 1 aromatic rings. The largest absolute Gasteiger partial charge is 0.425 e. The SMILES string of the molecule is O=C1N[C@](c2ccccc2)(C(F)(F)F)SC2=NCCCCN12. The molecule has 0 bridgehead atoms. The van der Waals surface area contributed by atoms with Crippen LogP contribution in [0.15, 0.2) is 35.3 Å². The number of fused-ring (bicyclic) bond motifs is 1. The summed E-state index contributed by atoms with van der Waals surface area (Å²) in [5.74, 6) is 0. The minimum absolute atomic E-state index is 0.00699. The van der Waals surface area contributed by atoms with E-state index in [1.165, 1.54) is 29.2 Å². The van der Waals surface area contributed by atoms with Gasteiger partial charge in [0.2, 0.25) is 4.87 Å². The highest BCUT2D eigenvalue weighted by atomic mass is 32.2. The molecule has 2 heterocycles. The quantitative estimate of drug-likeness (QED) is 0.859. The van der Waals surface area contributed by atoms with Gasteiger partial charge in [0.15, 0.2) is 5.17 Å². The summed E-state index contributed by atoms with van der Waals surface area (Å²) in [4.78, 5) is 15.2. The summed E-state index contributed by atoms with van der Waals surface area (Å²) in [6, 6.07) is 6.67. The highest BCUT2D eigenvalue weighted by molar-refractivity contribution is 8.14. The molecular formula is C14H14F3N3OS. The van der Waals surface area contributed by atoms with Crippen molar-refractivity contribution in [3.05, 3.63) is 35.9 Å². The number of nitrogens with one attached hydrogen (secondary N) is 1. The molecular weight excluding hydrogens is 315 g/mol. The van der Waals surface area contributed by atoms with Crippen molar-refractivity contribution in [2.75, 3.05) is 13.1 Å². The maximum Gasteiger partial charge on any atom is 0.425 e. The fraction of sp³-hybridized carbons (Fsp3) is 0.429. The van der Waals surface area contributed by atoms with E-state index in [-0.39, 0.29) is 10.7 Å². The molecule has 4 nitrogen and oxygen atoms in total. The van der Waals surface area contributed by atoms with Gasteiger partial charge in [-0.2, -0.15) is 13.2 Å². The number of hydrogen-bond donors (Lipinski definition) is 1. The van der Waals surface area contributed by atoms with E-state index >= 15 is 0 Å². The highest BCUT2D eigenvalue weighted by Crippen LogP contribution is 2.50. The van der Waals surface area contributed by atoms with Gasteiger partial charge in [0.1, 0.15) is 0 Å². The van der Waals surface area contributed by atoms with E-state index in [2.05, 4.69) is 10.3 Å². The highest BCUT2D eigenvalue weighted by Gasteiger charge is 2.61. The third-order valence-electron chi connectivity index (χ3n) is 3.62. The van der Waals surface area contributed by atoms with Crippen molar-refractivity contribution in [3.63, 3.8) is 0 Å². The Hall–Kier alpha value is -1.70. The predicted octanol–water partition coefficient (Wildman–Crippen LogP) is 3.31. The first-order valence-electron chi connectivity index (χ1n) is 6.89. The first-order chi connectivity index (χ1) is 10.4. The number of halogens is 3. The van der Waals surface area contributed by atoms with E-state index in [0.717, 1.165) is 12.8 Å². The molecule has 1 saturated heterocycles. The molecule has 0 aliphatic carbocycles. The molecule has 118 valence electrons. The number of aliphatic imine (C=N–C) groups is 1. The Morgan fingerprint density at radius 2 is 1.95 bits per heavy atom. The van der Waals surface area contributed by atoms with Crippen molar-refractivity contribution in [2.45, 2.75) is 23.9 Å². The number of amidine groups is 1. The van der Waals surface area contributed by atoms with Crippen molar-refractivity contribution in [1.29, 1.82) is 0 Å². The molecule has 8 heteroatoms. The number of carbonyl (C=O) groups is 1. The molecule has 3 rings (SSSR count). The average Bonchev–Trinajstić information content (AvgIpc) is 2.72. The fourth-order valence-corrected chi connectivity index (χ4v) is 3.71. The monoisotopic (exact) mass is 329 g/mol. The van der Waals surface area contributed by atoms with Crippen molar-refractivity contribution < 1.29 is 18.0 Å². The molecule has 1 fully saturated rings. The van der Waals surface area contributed by atoms with Gasteiger partial charge < -0.3 is 5.32 Å². The van der Waals surface area contributed by atoms with Gasteiger partial charge in [-0.15, -0.1) is 0 Å². The number of thioether (sulfide) groups is 1. The van der Waals surface area contributed by atoms with E-state index in [0.29, 0.717) is 24.9 Å². The van der Waals surface area contributed by atoms with Crippen LogP contribution in [0.4, 0.5) is 18.0 Å². The molecule has 0 saturated carbocycles. The smallest absolute Gasteiger partial charge is 0.311 e. The minimum Gasteiger partial charge on any atom is -0.311 e. The molecule has 0 unspecified atom stereocenters. The van der Waals surface area contributed by atoms with E-state index in [9.17, 15) is 18.0 Å². The molecule has 1 N–H and O–H groups in total. The lowest BCUT2D eigenvalue weighted by molar-refractivity contribution is -0.167. The second-order valence-electron chi connectivity index (χ2n) is 5.10. The first-order valence-corrected chi connectivity index (χ1v) is 7.71. The molecule has 2 amide bonds. The Bertz CT molecular complexity index is 605. The van der Waals surface area contributed by atoms with Gasteiger partial charge in [0.25, 0.3) is 0 Å². The maximum absolute atomic E-state index is 13.8. The summed E-state index contributed by atoms with van der Waals surface area (Å²) in [6.07, 6.45) is -3.15. The van der Waals surface area contributed by atoms with Crippen LogP contribution in [-0.2, 0) is 4.87 Å². The predicted molar refractivity (Wildman–Crippen MR) is 78.5 cm³/mol. The Labute approximate surface area is 129 Å². The van der Waals surface area contributed by atoms with E-state index in [1.54, 1.807) is 6.07 Å². The first kappa shape index (κ1) is 15.2. The van der Waals surface area contributed by atoms with Gasteiger partial charge in [0.05, 0.1) is 0 Å². The Morgan fingerprint density at radius 3 is 2.64 bits per heavy atom. The van der Waals surface area contributed by atoms with E-state index in [4.69, 9.17) is 0 Å². The van der Waals surface area contributed by atoms with E-state index in [1.807, 2.05) is 0 Å². The number of rotatable bonds is 1. The van der Waals surface area contributed by atoms with Crippen LogP contribution in [0, 0.1) is 0 Å². The van der Waals surface area contributed by atoms with Crippen LogP contribution in [0.3, 0.4) is 0 Å². The summed E-state index contributed by atoms with van der Waals surface area (Å²) in [5, 5.41) is 2.30. The van der Waals surface area contributed by atoms with Crippen LogP contribution in [0.25, 0.3) is 0 Å². The summed E-state index contributed by atoms with van der Waals surface area (Å²) >= 11 is 0.559. The third-order valence-corrected chi connectivity index (χ3v) is 5.03. The number of hydrogen-bond acceptors (Lipinski definition) is 3. The zero-order chi connectivity index (χ0) is 15.8. The Kier molecular flexibility index (Phi) is 3.80. The normalized spacial score (nSPS) is 25.9. The lowest BCUT2D eigenvalue weighted by Gasteiger charge is -2.42. The van der Waals surface area contributed by atoms with Crippen LogP contribution in [0.5, 0.6) is 0 Å². The zero-order valence-electron chi connectivity index (χ0n) is 11.6. The summed E-state index contributed by atoms with van der Waals surface area (Å²) < 4.78 is 41.4. The summed E-state index contributed by atoms with van der Waals surface area (Å²) in [6.45, 7) is 0.829.